The smallest absolute Gasteiger partial charge is 0.275 e. The maximum absolute atomic E-state index is 12.3. The van der Waals surface area contributed by atoms with E-state index in [0.29, 0.717) is 30.6 Å². The van der Waals surface area contributed by atoms with Crippen LogP contribution in [0.4, 0.5) is 0 Å². The van der Waals surface area contributed by atoms with E-state index < -0.39 is 0 Å². The van der Waals surface area contributed by atoms with E-state index in [1.807, 2.05) is 0 Å². The lowest BCUT2D eigenvalue weighted by Gasteiger charge is -2.24. The molecule has 1 saturated heterocycles. The summed E-state index contributed by atoms with van der Waals surface area (Å²) in [5.74, 6) is 0.405. The number of rotatable bonds is 6. The van der Waals surface area contributed by atoms with E-state index in [4.69, 9.17) is 14.0 Å². The fourth-order valence-corrected chi connectivity index (χ4v) is 2.63. The fraction of sp³-hybridized carbons (Fsp3) is 0.714. The van der Waals surface area contributed by atoms with Gasteiger partial charge >= 0.3 is 0 Å². The SMILES string of the molecule is COCc1cc(C(=O)N(C)C[C@@H]2C[C@H](OC)CN2C)no1. The Bertz CT molecular complexity index is 477. The quantitative estimate of drug-likeness (QED) is 0.766. The summed E-state index contributed by atoms with van der Waals surface area (Å²) < 4.78 is 15.4. The second kappa shape index (κ2) is 7.02. The molecule has 0 aliphatic carbocycles. The van der Waals surface area contributed by atoms with Crippen LogP contribution in [0.1, 0.15) is 22.7 Å². The number of likely N-dealkylation sites (N-methyl/N-ethyl adjacent to an activating group) is 2. The Morgan fingerprint density at radius 3 is 2.95 bits per heavy atom. The van der Waals surface area contributed by atoms with Crippen LogP contribution < -0.4 is 0 Å². The number of carbonyl (C=O) groups excluding carboxylic acids is 1. The lowest BCUT2D eigenvalue weighted by Crippen LogP contribution is -2.39. The summed E-state index contributed by atoms with van der Waals surface area (Å²) in [6.07, 6.45) is 1.17. The van der Waals surface area contributed by atoms with Gasteiger partial charge in [0.2, 0.25) is 0 Å². The van der Waals surface area contributed by atoms with E-state index in [2.05, 4.69) is 17.1 Å². The summed E-state index contributed by atoms with van der Waals surface area (Å²) in [5.41, 5.74) is 0.313. The molecule has 118 valence electrons. The molecule has 1 aliphatic rings. The van der Waals surface area contributed by atoms with E-state index >= 15 is 0 Å². The molecule has 7 nitrogen and oxygen atoms in total. The number of methoxy groups -OCH3 is 2. The summed E-state index contributed by atoms with van der Waals surface area (Å²) in [4.78, 5) is 16.2. The molecule has 0 spiro atoms. The Labute approximate surface area is 124 Å². The maximum Gasteiger partial charge on any atom is 0.275 e. The number of nitrogens with zero attached hydrogens (tertiary/aromatic N) is 3. The molecule has 0 unspecified atom stereocenters. The van der Waals surface area contributed by atoms with Crippen molar-refractivity contribution in [1.82, 2.24) is 15.0 Å². The standard InChI is InChI=1S/C14H23N3O4/c1-16-8-11(20-4)5-10(16)7-17(2)14(18)13-6-12(9-19-3)21-15-13/h6,10-11H,5,7-9H2,1-4H3/t10-,11-/m0/s1. The highest BCUT2D eigenvalue weighted by Gasteiger charge is 2.31. The second-order valence-electron chi connectivity index (χ2n) is 5.48. The van der Waals surface area contributed by atoms with Crippen LogP contribution >= 0.6 is 0 Å². The Balaban J connectivity index is 1.93. The van der Waals surface area contributed by atoms with Gasteiger partial charge in [-0.15, -0.1) is 0 Å². The van der Waals surface area contributed by atoms with Crippen LogP contribution in [0.15, 0.2) is 10.6 Å². The Hall–Kier alpha value is -1.44. The van der Waals surface area contributed by atoms with Gasteiger partial charge in [-0.3, -0.25) is 9.69 Å². The minimum atomic E-state index is -0.143. The number of ether oxygens (including phenoxy) is 2. The van der Waals surface area contributed by atoms with Gasteiger partial charge in [-0.25, -0.2) is 0 Å². The average Bonchev–Trinajstić information content (AvgIpc) is 3.06. The predicted octanol–water partition coefficient (Wildman–Crippen LogP) is 0.612. The molecule has 0 saturated carbocycles. The van der Waals surface area contributed by atoms with E-state index in [-0.39, 0.29) is 12.0 Å². The lowest BCUT2D eigenvalue weighted by atomic mass is 10.2. The van der Waals surface area contributed by atoms with Crippen LogP contribution in [0.3, 0.4) is 0 Å². The van der Waals surface area contributed by atoms with Gasteiger partial charge in [0.1, 0.15) is 6.61 Å². The molecule has 0 N–H and O–H groups in total. The van der Waals surface area contributed by atoms with Crippen molar-refractivity contribution in [3.05, 3.63) is 17.5 Å². The van der Waals surface area contributed by atoms with Crippen molar-refractivity contribution in [3.8, 4) is 0 Å². The van der Waals surface area contributed by atoms with Crippen LogP contribution in [0, 0.1) is 0 Å². The van der Waals surface area contributed by atoms with Crippen LogP contribution in [0.25, 0.3) is 0 Å². The van der Waals surface area contributed by atoms with Crippen molar-refractivity contribution >= 4 is 5.91 Å². The van der Waals surface area contributed by atoms with Crippen molar-refractivity contribution < 1.29 is 18.8 Å². The molecule has 0 bridgehead atoms. The monoisotopic (exact) mass is 297 g/mol. The van der Waals surface area contributed by atoms with Gasteiger partial charge in [0.05, 0.1) is 6.10 Å². The van der Waals surface area contributed by atoms with Crippen molar-refractivity contribution in [2.75, 3.05) is 41.4 Å². The van der Waals surface area contributed by atoms with E-state index in [0.717, 1.165) is 13.0 Å². The highest BCUT2D eigenvalue weighted by Crippen LogP contribution is 2.19. The molecule has 2 heterocycles. The van der Waals surface area contributed by atoms with Crippen molar-refractivity contribution in [1.29, 1.82) is 0 Å². The molecule has 1 aromatic rings. The molecule has 1 aromatic heterocycles. The fourth-order valence-electron chi connectivity index (χ4n) is 2.63. The molecule has 0 radical (unpaired) electrons. The van der Waals surface area contributed by atoms with Crippen molar-refractivity contribution in [2.24, 2.45) is 0 Å². The van der Waals surface area contributed by atoms with Crippen LogP contribution in [-0.2, 0) is 16.1 Å². The molecule has 21 heavy (non-hydrogen) atoms. The van der Waals surface area contributed by atoms with E-state index in [9.17, 15) is 4.79 Å². The first-order valence-electron chi connectivity index (χ1n) is 6.98. The van der Waals surface area contributed by atoms with Gasteiger partial charge < -0.3 is 18.9 Å². The topological polar surface area (TPSA) is 68.0 Å². The van der Waals surface area contributed by atoms with Gasteiger partial charge in [-0.1, -0.05) is 5.16 Å². The highest BCUT2D eigenvalue weighted by molar-refractivity contribution is 5.92. The minimum absolute atomic E-state index is 0.143. The summed E-state index contributed by atoms with van der Waals surface area (Å²) in [6.45, 7) is 1.84. The van der Waals surface area contributed by atoms with Gasteiger partial charge in [0, 0.05) is 46.5 Å². The summed E-state index contributed by atoms with van der Waals surface area (Å²) >= 11 is 0. The van der Waals surface area contributed by atoms with Gasteiger partial charge in [-0.2, -0.15) is 0 Å². The zero-order valence-corrected chi connectivity index (χ0v) is 13.0. The molecule has 1 amide bonds. The number of carbonyl (C=O) groups is 1. The number of aromatic nitrogens is 1. The summed E-state index contributed by atoms with van der Waals surface area (Å²) in [6, 6.07) is 1.92. The Kier molecular flexibility index (Phi) is 5.33. The molecule has 0 aromatic carbocycles. The van der Waals surface area contributed by atoms with Gasteiger partial charge in [-0.05, 0) is 13.5 Å². The normalized spacial score (nSPS) is 22.7. The average molecular weight is 297 g/mol. The van der Waals surface area contributed by atoms with Crippen molar-refractivity contribution in [3.63, 3.8) is 0 Å². The zero-order chi connectivity index (χ0) is 15.4. The minimum Gasteiger partial charge on any atom is -0.380 e. The van der Waals surface area contributed by atoms with Crippen molar-refractivity contribution in [2.45, 2.75) is 25.2 Å². The zero-order valence-electron chi connectivity index (χ0n) is 13.0. The van der Waals surface area contributed by atoms with E-state index in [1.54, 1.807) is 32.2 Å². The molecular formula is C14H23N3O4. The molecule has 7 heteroatoms. The molecule has 1 fully saturated rings. The largest absolute Gasteiger partial charge is 0.380 e. The van der Waals surface area contributed by atoms with E-state index in [1.165, 1.54) is 0 Å². The third-order valence-electron chi connectivity index (χ3n) is 3.88. The molecule has 2 atom stereocenters. The second-order valence-corrected chi connectivity index (χ2v) is 5.48. The number of likely N-dealkylation sites (tertiary alicyclic amines) is 1. The first-order valence-corrected chi connectivity index (χ1v) is 6.98. The maximum atomic E-state index is 12.3. The first kappa shape index (κ1) is 15.9. The molecule has 2 rings (SSSR count). The number of hydrogen-bond acceptors (Lipinski definition) is 6. The predicted molar refractivity (Wildman–Crippen MR) is 76.0 cm³/mol. The van der Waals surface area contributed by atoms with Gasteiger partial charge in [0.25, 0.3) is 5.91 Å². The van der Waals surface area contributed by atoms with Crippen LogP contribution in [0.2, 0.25) is 0 Å². The first-order chi connectivity index (χ1) is 10.0. The summed E-state index contributed by atoms with van der Waals surface area (Å²) in [7, 11) is 7.12. The Morgan fingerprint density at radius 1 is 1.57 bits per heavy atom. The summed E-state index contributed by atoms with van der Waals surface area (Å²) in [5, 5.41) is 3.80. The number of hydrogen-bond donors (Lipinski definition) is 0. The Morgan fingerprint density at radius 2 is 2.33 bits per heavy atom. The van der Waals surface area contributed by atoms with Crippen LogP contribution in [-0.4, -0.2) is 74.4 Å². The molecular weight excluding hydrogens is 274 g/mol. The van der Waals surface area contributed by atoms with Crippen LogP contribution in [0.5, 0.6) is 0 Å². The third kappa shape index (κ3) is 3.81. The van der Waals surface area contributed by atoms with Gasteiger partial charge in [0.15, 0.2) is 11.5 Å². The number of amides is 1. The third-order valence-corrected chi connectivity index (χ3v) is 3.88. The lowest BCUT2D eigenvalue weighted by molar-refractivity contribution is 0.0749. The highest BCUT2D eigenvalue weighted by atomic mass is 16.5. The molecule has 1 aliphatic heterocycles.